The molecule has 6 nitrogen and oxygen atoms in total. The molecule has 28 heavy (non-hydrogen) atoms. The average molecular weight is 379 g/mol. The van der Waals surface area contributed by atoms with Gasteiger partial charge in [0.2, 0.25) is 0 Å². The van der Waals surface area contributed by atoms with E-state index in [1.807, 2.05) is 51.1 Å². The lowest BCUT2D eigenvalue weighted by atomic mass is 10.1. The van der Waals surface area contributed by atoms with Gasteiger partial charge in [-0.05, 0) is 61.7 Å². The summed E-state index contributed by atoms with van der Waals surface area (Å²) in [5.41, 5.74) is 4.48. The number of aryl methyl sites for hydroxylation is 2. The zero-order chi connectivity index (χ0) is 20.3. The number of nitrogens with zero attached hydrogens (tertiary/aromatic N) is 2. The number of hydrogen-bond donors (Lipinski definition) is 1. The minimum Gasteiger partial charge on any atom is -0.333 e. The van der Waals surface area contributed by atoms with Crippen LogP contribution in [0.3, 0.4) is 0 Å². The molecule has 0 saturated carbocycles. The lowest BCUT2D eigenvalue weighted by Gasteiger charge is -2.33. The quantitative estimate of drug-likeness (QED) is 0.812. The third kappa shape index (κ3) is 4.22. The van der Waals surface area contributed by atoms with Crippen molar-refractivity contribution in [1.29, 1.82) is 0 Å². The maximum atomic E-state index is 12.5. The molecule has 3 amide bonds. The highest BCUT2D eigenvalue weighted by Gasteiger charge is 2.31. The number of piperazine rings is 1. The van der Waals surface area contributed by atoms with Gasteiger partial charge in [-0.25, -0.2) is 0 Å². The molecule has 1 fully saturated rings. The molecule has 0 atom stereocenters. The molecule has 0 aliphatic carbocycles. The average Bonchev–Trinajstić information content (AvgIpc) is 2.69. The second-order valence-electron chi connectivity index (χ2n) is 7.06. The Balaban J connectivity index is 1.63. The number of nitrogens with one attached hydrogen (secondary N) is 1. The van der Waals surface area contributed by atoms with E-state index in [1.54, 1.807) is 21.9 Å². The van der Waals surface area contributed by atoms with Crippen LogP contribution in [0.4, 0.5) is 5.69 Å². The Morgan fingerprint density at radius 1 is 0.929 bits per heavy atom. The van der Waals surface area contributed by atoms with E-state index in [0.29, 0.717) is 31.7 Å². The van der Waals surface area contributed by atoms with E-state index < -0.39 is 11.8 Å². The minimum absolute atomic E-state index is 0.183. The highest BCUT2D eigenvalue weighted by atomic mass is 16.2. The van der Waals surface area contributed by atoms with Gasteiger partial charge in [0.15, 0.2) is 0 Å². The number of benzene rings is 2. The highest BCUT2D eigenvalue weighted by Crippen LogP contribution is 2.16. The molecule has 0 aromatic heterocycles. The van der Waals surface area contributed by atoms with Gasteiger partial charge in [0.25, 0.3) is 5.91 Å². The summed E-state index contributed by atoms with van der Waals surface area (Å²) < 4.78 is 0. The third-order valence-corrected chi connectivity index (χ3v) is 5.13. The van der Waals surface area contributed by atoms with Crippen LogP contribution < -0.4 is 5.32 Å². The second-order valence-corrected chi connectivity index (χ2v) is 7.06. The van der Waals surface area contributed by atoms with Gasteiger partial charge in [-0.2, -0.15) is 0 Å². The molecular weight excluding hydrogens is 354 g/mol. The first-order valence-corrected chi connectivity index (χ1v) is 9.44. The van der Waals surface area contributed by atoms with Crippen molar-refractivity contribution in [3.63, 3.8) is 0 Å². The topological polar surface area (TPSA) is 69.7 Å². The zero-order valence-corrected chi connectivity index (χ0v) is 16.5. The van der Waals surface area contributed by atoms with Gasteiger partial charge in [0, 0.05) is 37.4 Å². The Morgan fingerprint density at radius 2 is 1.57 bits per heavy atom. The molecule has 1 heterocycles. The van der Waals surface area contributed by atoms with Crippen LogP contribution in [0, 0.1) is 13.8 Å². The zero-order valence-electron chi connectivity index (χ0n) is 16.5. The van der Waals surface area contributed by atoms with E-state index in [-0.39, 0.29) is 5.91 Å². The van der Waals surface area contributed by atoms with Gasteiger partial charge in [-0.1, -0.05) is 18.2 Å². The molecule has 1 aliphatic heterocycles. The molecule has 0 spiro atoms. The molecule has 1 saturated heterocycles. The van der Waals surface area contributed by atoms with Crippen LogP contribution in [0.1, 0.15) is 34.0 Å². The lowest BCUT2D eigenvalue weighted by Crippen LogP contribution is -2.53. The van der Waals surface area contributed by atoms with Crippen molar-refractivity contribution in [3.05, 3.63) is 64.7 Å². The summed E-state index contributed by atoms with van der Waals surface area (Å²) in [6.45, 7) is 7.88. The van der Waals surface area contributed by atoms with E-state index in [0.717, 1.165) is 16.8 Å². The monoisotopic (exact) mass is 379 g/mol. The van der Waals surface area contributed by atoms with Gasteiger partial charge < -0.3 is 15.1 Å². The van der Waals surface area contributed by atoms with E-state index in [4.69, 9.17) is 0 Å². The third-order valence-electron chi connectivity index (χ3n) is 5.13. The number of carbonyl (C=O) groups excluding carboxylic acids is 3. The van der Waals surface area contributed by atoms with Crippen LogP contribution >= 0.6 is 0 Å². The minimum atomic E-state index is -0.468. The molecule has 0 unspecified atom stereocenters. The maximum Gasteiger partial charge on any atom is 0.312 e. The fourth-order valence-electron chi connectivity index (χ4n) is 3.17. The molecule has 0 bridgehead atoms. The van der Waals surface area contributed by atoms with Crippen molar-refractivity contribution < 1.29 is 14.4 Å². The molecule has 1 N–H and O–H groups in total. The first-order valence-electron chi connectivity index (χ1n) is 9.44. The van der Waals surface area contributed by atoms with Crippen LogP contribution in [0.2, 0.25) is 0 Å². The number of anilines is 1. The van der Waals surface area contributed by atoms with Crippen LogP contribution in [0.25, 0.3) is 0 Å². The fraction of sp³-hybridized carbons (Fsp3) is 0.318. The Bertz CT molecular complexity index is 906. The summed E-state index contributed by atoms with van der Waals surface area (Å²) >= 11 is 0. The van der Waals surface area contributed by atoms with Crippen molar-refractivity contribution in [2.45, 2.75) is 27.3 Å². The van der Waals surface area contributed by atoms with Gasteiger partial charge >= 0.3 is 11.8 Å². The Morgan fingerprint density at radius 3 is 2.21 bits per heavy atom. The molecule has 1 aliphatic rings. The standard InChI is InChI=1S/C22H25N3O3/c1-4-24-11-12-25(22(28)21(24)27)14-17-6-8-18(9-7-17)20(26)23-19-10-5-15(2)16(3)13-19/h5-10,13H,4,11-12,14H2,1-3H3,(H,23,26). The van der Waals surface area contributed by atoms with Crippen LogP contribution in [0.5, 0.6) is 0 Å². The summed E-state index contributed by atoms with van der Waals surface area (Å²) in [4.78, 5) is 39.8. The molecule has 2 aromatic rings. The van der Waals surface area contributed by atoms with Crippen molar-refractivity contribution >= 4 is 23.4 Å². The van der Waals surface area contributed by atoms with E-state index in [9.17, 15) is 14.4 Å². The fourth-order valence-corrected chi connectivity index (χ4v) is 3.17. The van der Waals surface area contributed by atoms with Gasteiger partial charge in [0.1, 0.15) is 0 Å². The van der Waals surface area contributed by atoms with Crippen molar-refractivity contribution in [2.75, 3.05) is 25.0 Å². The smallest absolute Gasteiger partial charge is 0.312 e. The summed E-state index contributed by atoms with van der Waals surface area (Å²) in [6.07, 6.45) is 0. The Kier molecular flexibility index (Phi) is 5.78. The summed E-state index contributed by atoms with van der Waals surface area (Å²) in [5, 5.41) is 2.90. The van der Waals surface area contributed by atoms with Crippen LogP contribution in [-0.2, 0) is 16.1 Å². The maximum absolute atomic E-state index is 12.5. The molecule has 2 aromatic carbocycles. The number of likely N-dealkylation sites (N-methyl/N-ethyl adjacent to an activating group) is 1. The van der Waals surface area contributed by atoms with Crippen molar-refractivity contribution in [3.8, 4) is 0 Å². The molecule has 146 valence electrons. The summed E-state index contributed by atoms with van der Waals surface area (Å²) in [6, 6.07) is 12.9. The van der Waals surface area contributed by atoms with E-state index in [2.05, 4.69) is 5.32 Å². The Labute approximate surface area is 165 Å². The van der Waals surface area contributed by atoms with Crippen LogP contribution in [-0.4, -0.2) is 47.2 Å². The number of amides is 3. The lowest BCUT2D eigenvalue weighted by molar-refractivity contribution is -0.156. The number of rotatable bonds is 5. The first kappa shape index (κ1) is 19.6. The Hall–Kier alpha value is -3.15. The largest absolute Gasteiger partial charge is 0.333 e. The first-order chi connectivity index (χ1) is 13.4. The van der Waals surface area contributed by atoms with Crippen molar-refractivity contribution in [1.82, 2.24) is 9.80 Å². The SMILES string of the molecule is CCN1CCN(Cc2ccc(C(=O)Nc3ccc(C)c(C)c3)cc2)C(=O)C1=O. The molecule has 6 heteroatoms. The predicted molar refractivity (Wildman–Crippen MR) is 108 cm³/mol. The summed E-state index contributed by atoms with van der Waals surface area (Å²) in [5.74, 6) is -1.10. The van der Waals surface area contributed by atoms with E-state index in [1.165, 1.54) is 5.56 Å². The molecular formula is C22H25N3O3. The molecule has 3 rings (SSSR count). The summed E-state index contributed by atoms with van der Waals surface area (Å²) in [7, 11) is 0. The normalized spacial score (nSPS) is 14.4. The highest BCUT2D eigenvalue weighted by molar-refractivity contribution is 6.35. The predicted octanol–water partition coefficient (Wildman–Crippen LogP) is 2.75. The number of hydrogen-bond acceptors (Lipinski definition) is 3. The van der Waals surface area contributed by atoms with Crippen molar-refractivity contribution in [2.24, 2.45) is 0 Å². The second kappa shape index (κ2) is 8.25. The van der Waals surface area contributed by atoms with Gasteiger partial charge in [-0.3, -0.25) is 14.4 Å². The molecule has 0 radical (unpaired) electrons. The number of carbonyl (C=O) groups is 3. The van der Waals surface area contributed by atoms with Crippen LogP contribution in [0.15, 0.2) is 42.5 Å². The van der Waals surface area contributed by atoms with Gasteiger partial charge in [0.05, 0.1) is 0 Å². The van der Waals surface area contributed by atoms with E-state index >= 15 is 0 Å². The van der Waals surface area contributed by atoms with Gasteiger partial charge in [-0.15, -0.1) is 0 Å².